The summed E-state index contributed by atoms with van der Waals surface area (Å²) >= 11 is 1.53. The Kier molecular flexibility index (Phi) is 9.05. The molecule has 2 amide bonds. The Morgan fingerprint density at radius 1 is 1.15 bits per heavy atom. The lowest BCUT2D eigenvalue weighted by molar-refractivity contribution is -0.145. The number of carboxylic acids is 1. The first kappa shape index (κ1) is 32.0. The summed E-state index contributed by atoms with van der Waals surface area (Å²) in [7, 11) is 1.63. The molecule has 3 aliphatic rings. The Morgan fingerprint density at radius 3 is 2.70 bits per heavy atom. The SMILES string of the molecule is COc1ccc2c(O[C@@H]3C[C@H]4C(=O)N[C@]5(C(=O)O)C[C@H]5/C=C\CCCCCCC(=O)N4C3)cc(-c3nc(C(C)C)cs3)nc2c1C. The van der Waals surface area contributed by atoms with E-state index in [1.165, 1.54) is 11.3 Å². The van der Waals surface area contributed by atoms with Crippen molar-refractivity contribution in [3.63, 3.8) is 0 Å². The number of carbonyl (C=O) groups excluding carboxylic acids is 2. The van der Waals surface area contributed by atoms with Crippen molar-refractivity contribution >= 4 is 40.0 Å². The lowest BCUT2D eigenvalue weighted by atomic mass is 10.1. The largest absolute Gasteiger partial charge is 0.496 e. The monoisotopic (exact) mass is 646 g/mol. The van der Waals surface area contributed by atoms with Gasteiger partial charge >= 0.3 is 5.97 Å². The molecule has 1 aliphatic carbocycles. The number of aryl methyl sites for hydroxylation is 1. The minimum Gasteiger partial charge on any atom is -0.496 e. The van der Waals surface area contributed by atoms with Crippen LogP contribution in [0.4, 0.5) is 0 Å². The molecular formula is C35H42N4O6S. The number of nitrogens with zero attached hydrogens (tertiary/aromatic N) is 3. The van der Waals surface area contributed by atoms with Crippen LogP contribution in [-0.4, -0.2) is 69.1 Å². The standard InChI is InChI=1S/C35H42N4O6S/c1-20(2)26-19-46-33(37-26)25-16-29(24-13-14-28(44-4)21(3)31(24)36-25)45-23-15-27-32(41)38-35(34(42)43)17-22(35)11-9-7-5-6-8-10-12-30(40)39(27)18-23/h9,11,13-14,16,19-20,22-23,27H,5-8,10,12,15,17-18H2,1-4H3,(H,38,41)(H,42,43)/b11-9-/t22-,23-,27+,35-/m1/s1. The zero-order chi connectivity index (χ0) is 32.6. The number of carbonyl (C=O) groups is 3. The van der Waals surface area contributed by atoms with Crippen molar-refractivity contribution in [2.45, 2.75) is 95.7 Å². The van der Waals surface area contributed by atoms with Crippen LogP contribution in [0.25, 0.3) is 21.6 Å². The number of allylic oxidation sites excluding steroid dienone is 1. The molecule has 1 saturated heterocycles. The average Bonchev–Trinajstić information content (AvgIpc) is 3.33. The first-order valence-electron chi connectivity index (χ1n) is 16.2. The number of nitrogens with one attached hydrogen (secondary N) is 1. The second-order valence-corrected chi connectivity index (χ2v) is 13.9. The number of pyridine rings is 1. The number of rotatable bonds is 6. The van der Waals surface area contributed by atoms with E-state index in [0.717, 1.165) is 59.3 Å². The van der Waals surface area contributed by atoms with Gasteiger partial charge in [-0.05, 0) is 50.7 Å². The van der Waals surface area contributed by atoms with Gasteiger partial charge in [0.2, 0.25) is 11.8 Å². The number of carboxylic acid groups (broad SMARTS) is 1. The van der Waals surface area contributed by atoms with Crippen molar-refractivity contribution in [3.8, 4) is 22.2 Å². The molecule has 4 heterocycles. The Bertz CT molecular complexity index is 1680. The Morgan fingerprint density at radius 2 is 1.96 bits per heavy atom. The van der Waals surface area contributed by atoms with Crippen molar-refractivity contribution in [1.82, 2.24) is 20.2 Å². The molecule has 6 rings (SSSR count). The van der Waals surface area contributed by atoms with Gasteiger partial charge in [0, 0.05) is 41.2 Å². The molecule has 0 unspecified atom stereocenters. The molecule has 0 bridgehead atoms. The van der Waals surface area contributed by atoms with Gasteiger partial charge in [-0.25, -0.2) is 14.8 Å². The highest BCUT2D eigenvalue weighted by Gasteiger charge is 2.61. The van der Waals surface area contributed by atoms with Crippen molar-refractivity contribution in [1.29, 1.82) is 0 Å². The summed E-state index contributed by atoms with van der Waals surface area (Å²) in [5.41, 5.74) is 1.92. The van der Waals surface area contributed by atoms with Gasteiger partial charge in [-0.2, -0.15) is 0 Å². The fourth-order valence-electron chi connectivity index (χ4n) is 6.63. The number of aliphatic carboxylic acids is 1. The van der Waals surface area contributed by atoms with Crippen LogP contribution in [-0.2, 0) is 14.4 Å². The summed E-state index contributed by atoms with van der Waals surface area (Å²) in [5.74, 6) is -0.299. The Balaban J connectivity index is 1.33. The van der Waals surface area contributed by atoms with E-state index in [4.69, 9.17) is 19.4 Å². The fraction of sp³-hybridized carbons (Fsp3) is 0.514. The van der Waals surface area contributed by atoms with Gasteiger partial charge in [-0.15, -0.1) is 11.3 Å². The molecule has 2 aliphatic heterocycles. The highest BCUT2D eigenvalue weighted by atomic mass is 32.1. The van der Waals surface area contributed by atoms with Crippen LogP contribution in [0.15, 0.2) is 35.7 Å². The molecule has 1 saturated carbocycles. The van der Waals surface area contributed by atoms with Gasteiger partial charge in [0.15, 0.2) is 0 Å². The van der Waals surface area contributed by atoms with Crippen LogP contribution < -0.4 is 14.8 Å². The topological polar surface area (TPSA) is 131 Å². The van der Waals surface area contributed by atoms with Crippen LogP contribution >= 0.6 is 11.3 Å². The van der Waals surface area contributed by atoms with Gasteiger partial charge in [0.1, 0.15) is 39.9 Å². The predicted molar refractivity (Wildman–Crippen MR) is 176 cm³/mol. The quantitative estimate of drug-likeness (QED) is 0.311. The number of amides is 2. The fourth-order valence-corrected chi connectivity index (χ4v) is 7.57. The Hall–Kier alpha value is -3.99. The highest BCUT2D eigenvalue weighted by molar-refractivity contribution is 7.13. The maximum Gasteiger partial charge on any atom is 0.330 e. The molecule has 11 heteroatoms. The number of thiazole rings is 1. The van der Waals surface area contributed by atoms with Crippen LogP contribution in [0.2, 0.25) is 0 Å². The maximum absolute atomic E-state index is 13.8. The zero-order valence-corrected chi connectivity index (χ0v) is 27.7. The van der Waals surface area contributed by atoms with Crippen LogP contribution in [0.1, 0.15) is 82.4 Å². The molecule has 2 N–H and O–H groups in total. The van der Waals surface area contributed by atoms with Gasteiger partial charge in [-0.3, -0.25) is 9.59 Å². The van der Waals surface area contributed by atoms with Gasteiger partial charge < -0.3 is 24.8 Å². The van der Waals surface area contributed by atoms with Crippen LogP contribution in [0.3, 0.4) is 0 Å². The van der Waals surface area contributed by atoms with Gasteiger partial charge in [0.05, 0.1) is 24.9 Å². The van der Waals surface area contributed by atoms with E-state index in [-0.39, 0.29) is 30.7 Å². The number of hydrogen-bond acceptors (Lipinski definition) is 8. The van der Waals surface area contributed by atoms with E-state index in [9.17, 15) is 19.5 Å². The van der Waals surface area contributed by atoms with Crippen LogP contribution in [0, 0.1) is 12.8 Å². The molecule has 2 fully saturated rings. The lowest BCUT2D eigenvalue weighted by Gasteiger charge is -2.25. The first-order valence-corrected chi connectivity index (χ1v) is 17.1. The van der Waals surface area contributed by atoms with E-state index in [1.54, 1.807) is 12.0 Å². The van der Waals surface area contributed by atoms with E-state index < -0.39 is 29.6 Å². The minimum atomic E-state index is -1.34. The third-order valence-corrected chi connectivity index (χ3v) is 10.4. The zero-order valence-electron chi connectivity index (χ0n) is 26.9. The van der Waals surface area contributed by atoms with Crippen LogP contribution in [0.5, 0.6) is 11.5 Å². The van der Waals surface area contributed by atoms with Gasteiger partial charge in [0.25, 0.3) is 0 Å². The van der Waals surface area contributed by atoms with Crippen molar-refractivity contribution in [3.05, 3.63) is 47.0 Å². The maximum atomic E-state index is 13.8. The molecule has 0 spiro atoms. The Labute approximate surface area is 273 Å². The number of benzene rings is 1. The average molecular weight is 647 g/mol. The molecule has 0 radical (unpaired) electrons. The molecule has 10 nitrogen and oxygen atoms in total. The normalized spacial score (nSPS) is 26.1. The third kappa shape index (κ3) is 6.21. The number of ether oxygens (including phenoxy) is 2. The number of hydrogen-bond donors (Lipinski definition) is 2. The smallest absolute Gasteiger partial charge is 0.330 e. The van der Waals surface area contributed by atoms with Gasteiger partial charge in [-0.1, -0.05) is 38.8 Å². The van der Waals surface area contributed by atoms with Crippen molar-refractivity contribution < 1.29 is 29.0 Å². The molecule has 46 heavy (non-hydrogen) atoms. The molecule has 3 aromatic rings. The summed E-state index contributed by atoms with van der Waals surface area (Å²) in [6.07, 6.45) is 8.90. The van der Waals surface area contributed by atoms with E-state index in [0.29, 0.717) is 30.0 Å². The lowest BCUT2D eigenvalue weighted by Crippen LogP contribution is -2.53. The van der Waals surface area contributed by atoms with E-state index >= 15 is 0 Å². The molecule has 2 aromatic heterocycles. The molecular weight excluding hydrogens is 604 g/mol. The highest BCUT2D eigenvalue weighted by Crippen LogP contribution is 2.45. The molecule has 244 valence electrons. The molecule has 1 aromatic carbocycles. The summed E-state index contributed by atoms with van der Waals surface area (Å²) in [6.45, 7) is 6.38. The minimum absolute atomic E-state index is 0.110. The summed E-state index contributed by atoms with van der Waals surface area (Å²) < 4.78 is 12.3. The predicted octanol–water partition coefficient (Wildman–Crippen LogP) is 6.02. The first-order chi connectivity index (χ1) is 22.1. The third-order valence-electron chi connectivity index (χ3n) is 9.50. The van der Waals surface area contributed by atoms with E-state index in [2.05, 4.69) is 19.2 Å². The summed E-state index contributed by atoms with van der Waals surface area (Å²) in [4.78, 5) is 51.0. The van der Waals surface area contributed by atoms with Crippen molar-refractivity contribution in [2.24, 2.45) is 5.92 Å². The summed E-state index contributed by atoms with van der Waals surface area (Å²) in [6, 6.07) is 4.85. The number of methoxy groups -OCH3 is 1. The number of aromatic nitrogens is 2. The second kappa shape index (κ2) is 13.0. The van der Waals surface area contributed by atoms with E-state index in [1.807, 2.05) is 42.7 Å². The molecule has 4 atom stereocenters. The van der Waals surface area contributed by atoms with Crippen molar-refractivity contribution in [2.75, 3.05) is 13.7 Å². The number of fused-ring (bicyclic) bond motifs is 3. The summed E-state index contributed by atoms with van der Waals surface area (Å²) in [5, 5.41) is 16.5. The second-order valence-electron chi connectivity index (χ2n) is 13.0.